The third kappa shape index (κ3) is 5.46. The molecule has 1 amide bonds. The summed E-state index contributed by atoms with van der Waals surface area (Å²) in [5.74, 6) is 1.12. The van der Waals surface area contributed by atoms with Crippen molar-refractivity contribution in [3.05, 3.63) is 59.2 Å². The molecule has 0 unspecified atom stereocenters. The van der Waals surface area contributed by atoms with Crippen molar-refractivity contribution in [2.45, 2.75) is 32.9 Å². The van der Waals surface area contributed by atoms with Gasteiger partial charge in [-0.05, 0) is 38.5 Å². The Hall–Kier alpha value is -2.11. The van der Waals surface area contributed by atoms with Gasteiger partial charge in [-0.15, -0.1) is 0 Å². The molecule has 0 spiro atoms. The molecule has 28 heavy (non-hydrogen) atoms. The summed E-state index contributed by atoms with van der Waals surface area (Å²) < 4.78 is 0. The van der Waals surface area contributed by atoms with E-state index >= 15 is 0 Å². The van der Waals surface area contributed by atoms with E-state index in [-0.39, 0.29) is 11.4 Å². The van der Waals surface area contributed by atoms with Crippen LogP contribution in [-0.4, -0.2) is 59.0 Å². The van der Waals surface area contributed by atoms with E-state index in [0.717, 1.165) is 37.6 Å². The maximum Gasteiger partial charge on any atom is 0.237 e. The zero-order chi connectivity index (χ0) is 20.1. The molecule has 0 N–H and O–H groups in total. The molecule has 1 fully saturated rings. The zero-order valence-electron chi connectivity index (χ0n) is 16.9. The second-order valence-corrected chi connectivity index (χ2v) is 8.67. The molecule has 0 aliphatic carbocycles. The second-order valence-electron chi connectivity index (χ2n) is 8.23. The Bertz CT molecular complexity index is 765. The minimum atomic E-state index is -0.220. The summed E-state index contributed by atoms with van der Waals surface area (Å²) in [6.45, 7) is 10.8. The van der Waals surface area contributed by atoms with Crippen LogP contribution in [0.5, 0.6) is 0 Å². The lowest BCUT2D eigenvalue weighted by Gasteiger charge is -2.39. The zero-order valence-corrected chi connectivity index (χ0v) is 17.7. The third-order valence-electron chi connectivity index (χ3n) is 5.06. The van der Waals surface area contributed by atoms with Gasteiger partial charge in [0.25, 0.3) is 0 Å². The number of carbonyl (C=O) groups excluding carboxylic acids is 1. The molecule has 6 heteroatoms. The van der Waals surface area contributed by atoms with Gasteiger partial charge in [0.05, 0.1) is 11.6 Å². The van der Waals surface area contributed by atoms with Gasteiger partial charge in [-0.2, -0.15) is 0 Å². The Morgan fingerprint density at radius 3 is 2.32 bits per heavy atom. The number of benzene rings is 1. The van der Waals surface area contributed by atoms with Crippen molar-refractivity contribution < 1.29 is 4.79 Å². The Balaban J connectivity index is 1.57. The number of amides is 1. The number of aromatic nitrogens is 1. The summed E-state index contributed by atoms with van der Waals surface area (Å²) in [7, 11) is 0. The number of hydrogen-bond donors (Lipinski definition) is 0. The van der Waals surface area contributed by atoms with Gasteiger partial charge in [-0.3, -0.25) is 9.69 Å². The van der Waals surface area contributed by atoms with Crippen molar-refractivity contribution in [3.63, 3.8) is 0 Å². The number of carbonyl (C=O) groups is 1. The fourth-order valence-electron chi connectivity index (χ4n) is 3.43. The predicted octanol–water partition coefficient (Wildman–Crippen LogP) is 3.68. The quantitative estimate of drug-likeness (QED) is 0.767. The number of nitrogens with zero attached hydrogens (tertiary/aromatic N) is 4. The summed E-state index contributed by atoms with van der Waals surface area (Å²) in [6, 6.07) is 14.0. The standard InChI is InChI=1S/C22H29ClN4O/c1-22(2,3)27(16-18-7-5-4-6-8-18)21(28)17-25-11-13-26(14-12-25)20-10-9-19(23)15-24-20/h4-10,15H,11-14,16-17H2,1-3H3. The third-order valence-corrected chi connectivity index (χ3v) is 5.28. The Labute approximate surface area is 172 Å². The normalized spacial score (nSPS) is 15.5. The molecular weight excluding hydrogens is 372 g/mol. The van der Waals surface area contributed by atoms with Gasteiger partial charge in [0.15, 0.2) is 0 Å². The molecule has 5 nitrogen and oxygen atoms in total. The summed E-state index contributed by atoms with van der Waals surface area (Å²) in [5, 5.41) is 0.647. The smallest absolute Gasteiger partial charge is 0.237 e. The van der Waals surface area contributed by atoms with Crippen LogP contribution in [-0.2, 0) is 11.3 Å². The highest BCUT2D eigenvalue weighted by Crippen LogP contribution is 2.19. The van der Waals surface area contributed by atoms with Gasteiger partial charge >= 0.3 is 0 Å². The van der Waals surface area contributed by atoms with Crippen LogP contribution < -0.4 is 4.90 Å². The van der Waals surface area contributed by atoms with Gasteiger partial charge in [-0.25, -0.2) is 4.98 Å². The van der Waals surface area contributed by atoms with E-state index in [0.29, 0.717) is 18.1 Å². The topological polar surface area (TPSA) is 39.7 Å². The van der Waals surface area contributed by atoms with E-state index in [4.69, 9.17) is 11.6 Å². The minimum absolute atomic E-state index is 0.175. The molecule has 1 aromatic heterocycles. The Morgan fingerprint density at radius 1 is 1.07 bits per heavy atom. The van der Waals surface area contributed by atoms with Gasteiger partial charge in [0.2, 0.25) is 5.91 Å². The molecule has 0 bridgehead atoms. The maximum absolute atomic E-state index is 13.1. The van der Waals surface area contributed by atoms with Crippen molar-refractivity contribution in [2.75, 3.05) is 37.6 Å². The first-order valence-electron chi connectivity index (χ1n) is 9.76. The number of anilines is 1. The molecule has 1 aliphatic heterocycles. The number of rotatable bonds is 5. The molecule has 1 saturated heterocycles. The molecule has 1 aromatic carbocycles. The van der Waals surface area contributed by atoms with Crippen LogP contribution in [0, 0.1) is 0 Å². The first-order valence-corrected chi connectivity index (χ1v) is 10.1. The first kappa shape index (κ1) is 20.6. The van der Waals surface area contributed by atoms with Gasteiger partial charge in [0.1, 0.15) is 5.82 Å². The lowest BCUT2D eigenvalue weighted by molar-refractivity contribution is -0.138. The SMILES string of the molecule is CC(C)(C)N(Cc1ccccc1)C(=O)CN1CCN(c2ccc(Cl)cn2)CC1. The van der Waals surface area contributed by atoms with E-state index in [9.17, 15) is 4.79 Å². The van der Waals surface area contributed by atoms with E-state index in [1.807, 2.05) is 35.2 Å². The lowest BCUT2D eigenvalue weighted by Crippen LogP contribution is -2.53. The first-order chi connectivity index (χ1) is 13.3. The number of halogens is 1. The molecule has 3 rings (SSSR count). The van der Waals surface area contributed by atoms with Crippen molar-refractivity contribution in [3.8, 4) is 0 Å². The number of piperazine rings is 1. The summed E-state index contributed by atoms with van der Waals surface area (Å²) in [4.78, 5) is 23.9. The lowest BCUT2D eigenvalue weighted by atomic mass is 10.0. The van der Waals surface area contributed by atoms with Crippen molar-refractivity contribution in [1.29, 1.82) is 0 Å². The van der Waals surface area contributed by atoms with Crippen molar-refractivity contribution in [1.82, 2.24) is 14.8 Å². The largest absolute Gasteiger partial charge is 0.354 e. The summed E-state index contributed by atoms with van der Waals surface area (Å²) in [5.41, 5.74) is 0.937. The highest BCUT2D eigenvalue weighted by Gasteiger charge is 2.29. The molecular formula is C22H29ClN4O. The average Bonchev–Trinajstić information content (AvgIpc) is 2.67. The summed E-state index contributed by atoms with van der Waals surface area (Å²) >= 11 is 5.92. The highest BCUT2D eigenvalue weighted by atomic mass is 35.5. The van der Waals surface area contributed by atoms with Gasteiger partial charge < -0.3 is 9.80 Å². The predicted molar refractivity (Wildman–Crippen MR) is 115 cm³/mol. The van der Waals surface area contributed by atoms with Gasteiger partial charge in [-0.1, -0.05) is 41.9 Å². The van der Waals surface area contributed by atoms with Crippen LogP contribution in [0.25, 0.3) is 0 Å². The van der Waals surface area contributed by atoms with E-state index < -0.39 is 0 Å². The second kappa shape index (κ2) is 8.93. The molecule has 0 atom stereocenters. The Kier molecular flexibility index (Phi) is 6.57. The van der Waals surface area contributed by atoms with Crippen LogP contribution in [0.3, 0.4) is 0 Å². The fourth-order valence-corrected chi connectivity index (χ4v) is 3.54. The van der Waals surface area contributed by atoms with E-state index in [1.165, 1.54) is 0 Å². The highest BCUT2D eigenvalue weighted by molar-refractivity contribution is 6.30. The Morgan fingerprint density at radius 2 is 1.75 bits per heavy atom. The molecule has 1 aliphatic rings. The molecule has 2 aromatic rings. The van der Waals surface area contributed by atoms with E-state index in [1.54, 1.807) is 6.20 Å². The van der Waals surface area contributed by atoms with Crippen molar-refractivity contribution in [2.24, 2.45) is 0 Å². The molecule has 150 valence electrons. The minimum Gasteiger partial charge on any atom is -0.354 e. The van der Waals surface area contributed by atoms with Gasteiger partial charge in [0, 0.05) is 44.5 Å². The van der Waals surface area contributed by atoms with Crippen molar-refractivity contribution >= 4 is 23.3 Å². The fraction of sp³-hybridized carbons (Fsp3) is 0.455. The number of pyridine rings is 1. The average molecular weight is 401 g/mol. The molecule has 0 saturated carbocycles. The molecule has 2 heterocycles. The molecule has 0 radical (unpaired) electrons. The maximum atomic E-state index is 13.1. The van der Waals surface area contributed by atoms with Crippen LogP contribution in [0.2, 0.25) is 5.02 Å². The number of hydrogen-bond acceptors (Lipinski definition) is 4. The summed E-state index contributed by atoms with van der Waals surface area (Å²) in [6.07, 6.45) is 1.68. The van der Waals surface area contributed by atoms with Crippen LogP contribution in [0.15, 0.2) is 48.7 Å². The van der Waals surface area contributed by atoms with Crippen LogP contribution >= 0.6 is 11.6 Å². The monoisotopic (exact) mass is 400 g/mol. The van der Waals surface area contributed by atoms with Crippen LogP contribution in [0.1, 0.15) is 26.3 Å². The van der Waals surface area contributed by atoms with E-state index in [2.05, 4.69) is 47.7 Å². The van der Waals surface area contributed by atoms with Crippen LogP contribution in [0.4, 0.5) is 5.82 Å².